The molecule has 3 rings (SSSR count). The fourth-order valence-corrected chi connectivity index (χ4v) is 3.67. The van der Waals surface area contributed by atoms with Crippen LogP contribution in [0.3, 0.4) is 0 Å². The lowest BCUT2D eigenvalue weighted by Crippen LogP contribution is -2.46. The fraction of sp³-hybridized carbons (Fsp3) is 0.500. The van der Waals surface area contributed by atoms with Gasteiger partial charge in [0.2, 0.25) is 17.7 Å². The molecule has 24 heavy (non-hydrogen) atoms. The number of ether oxygens (including phenoxy) is 1. The molecule has 1 aliphatic carbocycles. The number of para-hydroxylation sites is 2. The van der Waals surface area contributed by atoms with Crippen molar-refractivity contribution in [3.05, 3.63) is 24.3 Å². The highest BCUT2D eigenvalue weighted by molar-refractivity contribution is 6.10. The Bertz CT molecular complexity index is 649. The number of methoxy groups -OCH3 is 1. The first-order valence-electron chi connectivity index (χ1n) is 8.35. The number of hydrogen-bond acceptors (Lipinski definition) is 4. The highest BCUT2D eigenvalue weighted by Gasteiger charge is 2.50. The summed E-state index contributed by atoms with van der Waals surface area (Å²) in [7, 11) is 1.52. The van der Waals surface area contributed by atoms with Gasteiger partial charge in [-0.25, -0.2) is 0 Å². The van der Waals surface area contributed by atoms with Crippen molar-refractivity contribution in [1.29, 1.82) is 0 Å². The van der Waals surface area contributed by atoms with E-state index in [9.17, 15) is 14.4 Å². The van der Waals surface area contributed by atoms with Crippen molar-refractivity contribution in [2.45, 2.75) is 38.6 Å². The summed E-state index contributed by atoms with van der Waals surface area (Å²) in [4.78, 5) is 38.9. The average molecular weight is 330 g/mol. The highest BCUT2D eigenvalue weighted by Crippen LogP contribution is 2.39. The number of nitrogens with one attached hydrogen (secondary N) is 1. The lowest BCUT2D eigenvalue weighted by Gasteiger charge is -2.22. The molecular weight excluding hydrogens is 308 g/mol. The van der Waals surface area contributed by atoms with E-state index in [0.29, 0.717) is 11.4 Å². The number of imide groups is 1. The number of carbonyl (C=O) groups excluding carboxylic acids is 3. The third-order valence-electron chi connectivity index (χ3n) is 5.01. The van der Waals surface area contributed by atoms with Crippen molar-refractivity contribution in [3.8, 4) is 5.75 Å². The zero-order valence-electron chi connectivity index (χ0n) is 14.0. The van der Waals surface area contributed by atoms with Crippen molar-refractivity contribution >= 4 is 23.4 Å². The van der Waals surface area contributed by atoms with Gasteiger partial charge in [0, 0.05) is 0 Å². The second-order valence-corrected chi connectivity index (χ2v) is 6.41. The first-order valence-corrected chi connectivity index (χ1v) is 8.35. The van der Waals surface area contributed by atoms with Gasteiger partial charge in [0.15, 0.2) is 0 Å². The maximum absolute atomic E-state index is 12.6. The maximum Gasteiger partial charge on any atom is 0.247 e. The van der Waals surface area contributed by atoms with Gasteiger partial charge >= 0.3 is 0 Å². The van der Waals surface area contributed by atoms with Gasteiger partial charge in [0.25, 0.3) is 0 Å². The lowest BCUT2D eigenvalue weighted by molar-refractivity contribution is -0.146. The molecule has 0 aromatic heterocycles. The number of hydrogen-bond donors (Lipinski definition) is 1. The van der Waals surface area contributed by atoms with Crippen LogP contribution in [0.4, 0.5) is 5.69 Å². The van der Waals surface area contributed by atoms with E-state index in [1.54, 1.807) is 31.2 Å². The van der Waals surface area contributed by atoms with Crippen molar-refractivity contribution in [3.63, 3.8) is 0 Å². The number of amides is 3. The van der Waals surface area contributed by atoms with E-state index in [1.807, 2.05) is 0 Å². The van der Waals surface area contributed by atoms with Crippen molar-refractivity contribution in [1.82, 2.24) is 4.90 Å². The first-order chi connectivity index (χ1) is 11.5. The molecule has 1 saturated heterocycles. The first kappa shape index (κ1) is 16.5. The molecule has 2 fully saturated rings. The lowest BCUT2D eigenvalue weighted by atomic mass is 9.81. The van der Waals surface area contributed by atoms with Crippen molar-refractivity contribution < 1.29 is 19.1 Å². The molecule has 1 saturated carbocycles. The summed E-state index contributed by atoms with van der Waals surface area (Å²) < 4.78 is 5.21. The minimum atomic E-state index is -0.833. The Kier molecular flexibility index (Phi) is 4.55. The Morgan fingerprint density at radius 1 is 1.17 bits per heavy atom. The van der Waals surface area contributed by atoms with Crippen LogP contribution in [0.1, 0.15) is 32.6 Å². The zero-order valence-corrected chi connectivity index (χ0v) is 14.0. The summed E-state index contributed by atoms with van der Waals surface area (Å²) in [6.07, 6.45) is 3.42. The van der Waals surface area contributed by atoms with Crippen LogP contribution < -0.4 is 10.1 Å². The second-order valence-electron chi connectivity index (χ2n) is 6.41. The monoisotopic (exact) mass is 330 g/mol. The summed E-state index contributed by atoms with van der Waals surface area (Å²) in [6, 6.07) is 6.21. The second kappa shape index (κ2) is 6.63. The van der Waals surface area contributed by atoms with Gasteiger partial charge in [-0.05, 0) is 31.9 Å². The molecule has 1 heterocycles. The van der Waals surface area contributed by atoms with Gasteiger partial charge in [-0.3, -0.25) is 19.3 Å². The van der Waals surface area contributed by atoms with Gasteiger partial charge < -0.3 is 10.1 Å². The predicted octanol–water partition coefficient (Wildman–Crippen LogP) is 2.20. The van der Waals surface area contributed by atoms with Crippen LogP contribution in [0.15, 0.2) is 24.3 Å². The topological polar surface area (TPSA) is 75.7 Å². The average Bonchev–Trinajstić information content (AvgIpc) is 2.86. The minimum Gasteiger partial charge on any atom is -0.495 e. The molecule has 1 aliphatic heterocycles. The van der Waals surface area contributed by atoms with E-state index < -0.39 is 6.04 Å². The van der Waals surface area contributed by atoms with Crippen LogP contribution >= 0.6 is 0 Å². The van der Waals surface area contributed by atoms with Crippen molar-refractivity contribution in [2.24, 2.45) is 11.8 Å². The van der Waals surface area contributed by atoms with Gasteiger partial charge in [-0.1, -0.05) is 25.0 Å². The van der Waals surface area contributed by atoms with E-state index in [0.717, 1.165) is 30.6 Å². The number of fused-ring (bicyclic) bond motifs is 1. The van der Waals surface area contributed by atoms with E-state index in [2.05, 4.69) is 5.32 Å². The van der Waals surface area contributed by atoms with Crippen LogP contribution in [-0.4, -0.2) is 35.8 Å². The molecule has 1 aromatic carbocycles. The van der Waals surface area contributed by atoms with Crippen LogP contribution in [0.25, 0.3) is 0 Å². The fourth-order valence-electron chi connectivity index (χ4n) is 3.67. The normalized spacial score (nSPS) is 24.5. The molecule has 3 atom stereocenters. The Morgan fingerprint density at radius 2 is 1.75 bits per heavy atom. The number of benzene rings is 1. The molecule has 128 valence electrons. The van der Waals surface area contributed by atoms with Crippen LogP contribution in [-0.2, 0) is 14.4 Å². The Labute approximate surface area is 141 Å². The van der Waals surface area contributed by atoms with Gasteiger partial charge in [0.1, 0.15) is 11.8 Å². The SMILES string of the molecule is COc1ccccc1NC(=O)[C@H](C)N1C(=O)[C@H]2CCCC[C@H]2C1=O. The van der Waals surface area contributed by atoms with Gasteiger partial charge in [-0.2, -0.15) is 0 Å². The molecule has 1 N–H and O–H groups in total. The van der Waals surface area contributed by atoms with Crippen molar-refractivity contribution in [2.75, 3.05) is 12.4 Å². The van der Waals surface area contributed by atoms with Crippen LogP contribution in [0, 0.1) is 11.8 Å². The number of carbonyl (C=O) groups is 3. The molecule has 6 nitrogen and oxygen atoms in total. The summed E-state index contributed by atoms with van der Waals surface area (Å²) in [5, 5.41) is 2.75. The smallest absolute Gasteiger partial charge is 0.247 e. The minimum absolute atomic E-state index is 0.202. The molecule has 2 aliphatic rings. The highest BCUT2D eigenvalue weighted by atomic mass is 16.5. The largest absolute Gasteiger partial charge is 0.495 e. The Hall–Kier alpha value is -2.37. The Morgan fingerprint density at radius 3 is 2.33 bits per heavy atom. The summed E-state index contributed by atoms with van der Waals surface area (Å²) >= 11 is 0. The quantitative estimate of drug-likeness (QED) is 0.859. The molecule has 0 unspecified atom stereocenters. The number of anilines is 1. The third-order valence-corrected chi connectivity index (χ3v) is 5.01. The van der Waals surface area contributed by atoms with Gasteiger partial charge in [0.05, 0.1) is 24.6 Å². The predicted molar refractivity (Wildman–Crippen MR) is 88.4 cm³/mol. The molecule has 0 radical (unpaired) electrons. The molecule has 6 heteroatoms. The molecule has 0 bridgehead atoms. The summed E-state index contributed by atoms with van der Waals surface area (Å²) in [5.74, 6) is -0.745. The van der Waals surface area contributed by atoms with Crippen LogP contribution in [0.5, 0.6) is 5.75 Å². The van der Waals surface area contributed by atoms with Crippen LogP contribution in [0.2, 0.25) is 0 Å². The number of rotatable bonds is 4. The summed E-state index contributed by atoms with van der Waals surface area (Å²) in [6.45, 7) is 1.60. The van der Waals surface area contributed by atoms with E-state index in [4.69, 9.17) is 4.74 Å². The number of likely N-dealkylation sites (tertiary alicyclic amines) is 1. The zero-order chi connectivity index (χ0) is 17.3. The molecular formula is C18H22N2O4. The summed E-state index contributed by atoms with van der Waals surface area (Å²) in [5.41, 5.74) is 0.522. The molecule has 1 aromatic rings. The maximum atomic E-state index is 12.6. The van der Waals surface area contributed by atoms with E-state index in [-0.39, 0.29) is 29.6 Å². The molecule has 0 spiro atoms. The standard InChI is InChI=1S/C18H22N2O4/c1-11(16(21)19-14-9-5-6-10-15(14)24-2)20-17(22)12-7-3-4-8-13(12)18(20)23/h5-6,9-13H,3-4,7-8H2,1-2H3,(H,19,21)/t11-,12-,13+/m0/s1. The van der Waals surface area contributed by atoms with E-state index in [1.165, 1.54) is 7.11 Å². The third kappa shape index (κ3) is 2.77. The number of nitrogens with zero attached hydrogens (tertiary/aromatic N) is 1. The molecule has 3 amide bonds. The van der Waals surface area contributed by atoms with Gasteiger partial charge in [-0.15, -0.1) is 0 Å². The van der Waals surface area contributed by atoms with E-state index >= 15 is 0 Å². The Balaban J connectivity index is 1.76.